The van der Waals surface area contributed by atoms with E-state index in [9.17, 15) is 18.5 Å². The van der Waals surface area contributed by atoms with Crippen LogP contribution in [0.15, 0.2) is 89.8 Å². The number of hydrogen-bond acceptors (Lipinski definition) is 6. The van der Waals surface area contributed by atoms with Gasteiger partial charge in [-0.2, -0.15) is 10.4 Å². The number of ether oxygens (including phenoxy) is 1. The summed E-state index contributed by atoms with van der Waals surface area (Å²) in [6, 6.07) is 25.6. The number of anilines is 1. The van der Waals surface area contributed by atoms with Crippen LogP contribution in [0.5, 0.6) is 0 Å². The van der Waals surface area contributed by atoms with Gasteiger partial charge in [0, 0.05) is 7.05 Å². The van der Waals surface area contributed by atoms with Gasteiger partial charge in [-0.05, 0) is 55.5 Å². The SMILES string of the molecule is Cc1nn(-c2ccccc2)c(COC(=O)c2ccc(S(=O)(=O)N(C)c3ccccc3)cc2)c1C#N. The molecule has 0 atom stereocenters. The number of nitrogens with zero attached hydrogens (tertiary/aromatic N) is 4. The van der Waals surface area contributed by atoms with Crippen molar-refractivity contribution in [2.45, 2.75) is 18.4 Å². The quantitative estimate of drug-likeness (QED) is 0.362. The summed E-state index contributed by atoms with van der Waals surface area (Å²) in [5, 5.41) is 14.0. The van der Waals surface area contributed by atoms with E-state index in [1.54, 1.807) is 41.9 Å². The number of para-hydroxylation sites is 2. The van der Waals surface area contributed by atoms with Crippen molar-refractivity contribution >= 4 is 21.7 Å². The lowest BCUT2D eigenvalue weighted by Gasteiger charge is -2.19. The lowest BCUT2D eigenvalue weighted by molar-refractivity contribution is 0.0464. The van der Waals surface area contributed by atoms with Crippen molar-refractivity contribution in [3.63, 3.8) is 0 Å². The Morgan fingerprint density at radius 2 is 1.60 bits per heavy atom. The van der Waals surface area contributed by atoms with Crippen molar-refractivity contribution in [2.24, 2.45) is 0 Å². The van der Waals surface area contributed by atoms with Gasteiger partial charge in [0.05, 0.1) is 33.2 Å². The number of nitriles is 1. The molecular formula is C26H22N4O4S. The van der Waals surface area contributed by atoms with Crippen molar-refractivity contribution < 1.29 is 17.9 Å². The number of carbonyl (C=O) groups excluding carboxylic acids is 1. The zero-order chi connectivity index (χ0) is 25.0. The van der Waals surface area contributed by atoms with Crippen LogP contribution in [0.25, 0.3) is 5.69 Å². The van der Waals surface area contributed by atoms with Crippen molar-refractivity contribution in [1.29, 1.82) is 5.26 Å². The van der Waals surface area contributed by atoms with Gasteiger partial charge in [0.15, 0.2) is 0 Å². The first-order valence-corrected chi connectivity index (χ1v) is 12.1. The van der Waals surface area contributed by atoms with Crippen molar-refractivity contribution in [3.8, 4) is 11.8 Å². The number of aromatic nitrogens is 2. The lowest BCUT2D eigenvalue weighted by Crippen LogP contribution is -2.26. The highest BCUT2D eigenvalue weighted by molar-refractivity contribution is 7.92. The maximum Gasteiger partial charge on any atom is 0.338 e. The normalized spacial score (nSPS) is 11.0. The Morgan fingerprint density at radius 3 is 2.20 bits per heavy atom. The van der Waals surface area contributed by atoms with E-state index in [1.165, 1.54) is 35.6 Å². The fraction of sp³-hybridized carbons (Fsp3) is 0.115. The number of esters is 1. The zero-order valence-electron chi connectivity index (χ0n) is 19.1. The van der Waals surface area contributed by atoms with Gasteiger partial charge in [-0.1, -0.05) is 36.4 Å². The minimum absolute atomic E-state index is 0.0462. The third-order valence-corrected chi connectivity index (χ3v) is 7.28. The summed E-state index contributed by atoms with van der Waals surface area (Å²) in [6.07, 6.45) is 0. The number of carbonyl (C=O) groups is 1. The lowest BCUT2D eigenvalue weighted by atomic mass is 10.2. The highest BCUT2D eigenvalue weighted by Crippen LogP contribution is 2.23. The Bertz CT molecular complexity index is 1490. The summed E-state index contributed by atoms with van der Waals surface area (Å²) in [4.78, 5) is 12.7. The molecule has 0 amide bonds. The molecule has 0 spiro atoms. The Labute approximate surface area is 203 Å². The second-order valence-electron chi connectivity index (χ2n) is 7.67. The number of sulfonamides is 1. The molecular weight excluding hydrogens is 464 g/mol. The molecule has 0 radical (unpaired) electrons. The van der Waals surface area contributed by atoms with Gasteiger partial charge in [0.2, 0.25) is 0 Å². The molecule has 1 aromatic heterocycles. The maximum absolute atomic E-state index is 12.9. The summed E-state index contributed by atoms with van der Waals surface area (Å²) in [6.45, 7) is 1.54. The van der Waals surface area contributed by atoms with Gasteiger partial charge in [-0.15, -0.1) is 0 Å². The van der Waals surface area contributed by atoms with E-state index in [2.05, 4.69) is 11.2 Å². The second kappa shape index (κ2) is 9.83. The predicted octanol–water partition coefficient (Wildman–Crippen LogP) is 4.23. The maximum atomic E-state index is 12.9. The van der Waals surface area contributed by atoms with E-state index in [4.69, 9.17) is 4.74 Å². The summed E-state index contributed by atoms with van der Waals surface area (Å²) < 4.78 is 34.1. The molecule has 0 fully saturated rings. The highest BCUT2D eigenvalue weighted by atomic mass is 32.2. The Morgan fingerprint density at radius 1 is 1.00 bits per heavy atom. The monoisotopic (exact) mass is 486 g/mol. The molecule has 0 N–H and O–H groups in total. The third-order valence-electron chi connectivity index (χ3n) is 5.48. The number of hydrogen-bond donors (Lipinski definition) is 0. The first-order valence-electron chi connectivity index (χ1n) is 10.7. The average Bonchev–Trinajstić information content (AvgIpc) is 3.22. The fourth-order valence-electron chi connectivity index (χ4n) is 3.55. The van der Waals surface area contributed by atoms with Crippen LogP contribution in [0.3, 0.4) is 0 Å². The Kier molecular flexibility index (Phi) is 6.66. The van der Waals surface area contributed by atoms with Gasteiger partial charge in [0.1, 0.15) is 18.2 Å². The van der Waals surface area contributed by atoms with E-state index < -0.39 is 16.0 Å². The molecule has 0 aliphatic carbocycles. The molecule has 35 heavy (non-hydrogen) atoms. The van der Waals surface area contributed by atoms with E-state index in [-0.39, 0.29) is 17.1 Å². The van der Waals surface area contributed by atoms with Crippen LogP contribution in [-0.2, 0) is 21.4 Å². The minimum Gasteiger partial charge on any atom is -0.456 e. The molecule has 0 aliphatic rings. The average molecular weight is 487 g/mol. The second-order valence-corrected chi connectivity index (χ2v) is 9.64. The molecule has 0 aliphatic heterocycles. The van der Waals surface area contributed by atoms with E-state index in [0.29, 0.717) is 22.6 Å². The highest BCUT2D eigenvalue weighted by Gasteiger charge is 2.22. The molecule has 8 nitrogen and oxygen atoms in total. The van der Waals surface area contributed by atoms with Gasteiger partial charge in [0.25, 0.3) is 10.0 Å². The van der Waals surface area contributed by atoms with Crippen LogP contribution in [0.1, 0.15) is 27.3 Å². The first kappa shape index (κ1) is 23.7. The van der Waals surface area contributed by atoms with Crippen LogP contribution < -0.4 is 4.31 Å². The summed E-state index contributed by atoms with van der Waals surface area (Å²) >= 11 is 0. The molecule has 0 bridgehead atoms. The summed E-state index contributed by atoms with van der Waals surface area (Å²) in [5.41, 5.74) is 2.77. The first-order chi connectivity index (χ1) is 16.8. The predicted molar refractivity (Wildman–Crippen MR) is 131 cm³/mol. The molecule has 0 saturated heterocycles. The van der Waals surface area contributed by atoms with E-state index >= 15 is 0 Å². The largest absolute Gasteiger partial charge is 0.456 e. The molecule has 1 heterocycles. The molecule has 4 rings (SSSR count). The Hall–Kier alpha value is -4.42. The van der Waals surface area contributed by atoms with Gasteiger partial charge in [-0.3, -0.25) is 4.31 Å². The molecule has 3 aromatic carbocycles. The minimum atomic E-state index is -3.80. The molecule has 0 saturated carbocycles. The summed E-state index contributed by atoms with van der Waals surface area (Å²) in [5.74, 6) is -0.646. The van der Waals surface area contributed by atoms with Crippen LogP contribution >= 0.6 is 0 Å². The standard InChI is InChI=1S/C26H22N4O4S/c1-19-24(17-27)25(30(28-19)22-11-7-4-8-12-22)18-34-26(31)20-13-15-23(16-14-20)35(32,33)29(2)21-9-5-3-6-10-21/h3-16H,18H2,1-2H3. The van der Waals surface area contributed by atoms with Crippen LogP contribution in [-0.4, -0.2) is 31.2 Å². The smallest absolute Gasteiger partial charge is 0.338 e. The number of benzene rings is 3. The van der Waals surface area contributed by atoms with Crippen molar-refractivity contribution in [2.75, 3.05) is 11.4 Å². The van der Waals surface area contributed by atoms with Gasteiger partial charge in [-0.25, -0.2) is 17.9 Å². The topological polar surface area (TPSA) is 105 Å². The zero-order valence-corrected chi connectivity index (χ0v) is 19.9. The molecule has 4 aromatic rings. The van der Waals surface area contributed by atoms with E-state index in [1.807, 2.05) is 30.3 Å². The summed E-state index contributed by atoms with van der Waals surface area (Å²) in [7, 11) is -2.33. The van der Waals surface area contributed by atoms with Crippen LogP contribution in [0.4, 0.5) is 5.69 Å². The fourth-order valence-corrected chi connectivity index (χ4v) is 4.75. The van der Waals surface area contributed by atoms with E-state index in [0.717, 1.165) is 5.69 Å². The van der Waals surface area contributed by atoms with Crippen LogP contribution in [0, 0.1) is 18.3 Å². The molecule has 176 valence electrons. The van der Waals surface area contributed by atoms with Gasteiger partial charge >= 0.3 is 5.97 Å². The number of aryl methyl sites for hydroxylation is 1. The molecule has 9 heteroatoms. The molecule has 0 unspecified atom stereocenters. The Balaban J connectivity index is 1.52. The van der Waals surface area contributed by atoms with Gasteiger partial charge < -0.3 is 4.74 Å². The number of rotatable bonds is 7. The van der Waals surface area contributed by atoms with Crippen LogP contribution in [0.2, 0.25) is 0 Å². The third kappa shape index (κ3) is 4.78. The van der Waals surface area contributed by atoms with Crippen molar-refractivity contribution in [1.82, 2.24) is 9.78 Å². The van der Waals surface area contributed by atoms with Crippen molar-refractivity contribution in [3.05, 3.63) is 107 Å².